The van der Waals surface area contributed by atoms with E-state index in [4.69, 9.17) is 4.74 Å². The van der Waals surface area contributed by atoms with Crippen LogP contribution >= 0.6 is 11.8 Å². The van der Waals surface area contributed by atoms with E-state index in [0.717, 1.165) is 24.0 Å². The lowest BCUT2D eigenvalue weighted by Crippen LogP contribution is -2.24. The minimum atomic E-state index is 0.391. The summed E-state index contributed by atoms with van der Waals surface area (Å²) in [6.07, 6.45) is 5.75. The van der Waals surface area contributed by atoms with Gasteiger partial charge in [0, 0.05) is 17.4 Å². The maximum absolute atomic E-state index is 5.50. The van der Waals surface area contributed by atoms with Gasteiger partial charge >= 0.3 is 0 Å². The van der Waals surface area contributed by atoms with Crippen molar-refractivity contribution >= 4 is 11.8 Å². The van der Waals surface area contributed by atoms with Crippen molar-refractivity contribution < 1.29 is 4.74 Å². The summed E-state index contributed by atoms with van der Waals surface area (Å²) in [5.74, 6) is 4.40. The molecule has 1 aromatic rings. The second-order valence-corrected chi connectivity index (χ2v) is 6.62. The molecule has 0 saturated heterocycles. The van der Waals surface area contributed by atoms with Gasteiger partial charge in [-0.3, -0.25) is 0 Å². The van der Waals surface area contributed by atoms with E-state index in [2.05, 4.69) is 42.2 Å². The van der Waals surface area contributed by atoms with Gasteiger partial charge in [0.1, 0.15) is 5.75 Å². The molecule has 1 aliphatic rings. The van der Waals surface area contributed by atoms with Gasteiger partial charge in [-0.1, -0.05) is 38.0 Å². The van der Waals surface area contributed by atoms with E-state index < -0.39 is 0 Å². The first-order valence-electron chi connectivity index (χ1n) is 7.79. The van der Waals surface area contributed by atoms with Crippen LogP contribution in [0.2, 0.25) is 0 Å². The van der Waals surface area contributed by atoms with Gasteiger partial charge in [-0.25, -0.2) is 0 Å². The van der Waals surface area contributed by atoms with Crippen LogP contribution in [0.15, 0.2) is 24.3 Å². The van der Waals surface area contributed by atoms with Crippen molar-refractivity contribution in [2.45, 2.75) is 38.6 Å². The Morgan fingerprint density at radius 1 is 1.30 bits per heavy atom. The molecule has 1 N–H and O–H groups in total. The maximum atomic E-state index is 5.50. The van der Waals surface area contributed by atoms with E-state index in [9.17, 15) is 0 Å². The average Bonchev–Trinajstić information content (AvgIpc) is 2.99. The highest BCUT2D eigenvalue weighted by atomic mass is 32.2. The molecule has 20 heavy (non-hydrogen) atoms. The van der Waals surface area contributed by atoms with Crippen molar-refractivity contribution in [2.75, 3.05) is 25.2 Å². The number of ether oxygens (including phenoxy) is 1. The first-order valence-corrected chi connectivity index (χ1v) is 8.94. The van der Waals surface area contributed by atoms with Crippen LogP contribution in [0, 0.1) is 5.92 Å². The number of para-hydroxylation sites is 1. The molecule has 1 aromatic carbocycles. The van der Waals surface area contributed by atoms with Crippen molar-refractivity contribution in [2.24, 2.45) is 5.92 Å². The van der Waals surface area contributed by atoms with E-state index in [-0.39, 0.29) is 0 Å². The number of benzene rings is 1. The molecule has 0 aromatic heterocycles. The topological polar surface area (TPSA) is 21.3 Å². The summed E-state index contributed by atoms with van der Waals surface area (Å²) in [4.78, 5) is 0. The van der Waals surface area contributed by atoms with Crippen molar-refractivity contribution in [3.05, 3.63) is 29.8 Å². The molecule has 0 amide bonds. The third-order valence-electron chi connectivity index (χ3n) is 4.08. The van der Waals surface area contributed by atoms with E-state index in [1.54, 1.807) is 7.11 Å². The summed E-state index contributed by atoms with van der Waals surface area (Å²) in [6.45, 7) is 3.16. The molecule has 3 heteroatoms. The molecule has 2 rings (SSSR count). The molecule has 0 bridgehead atoms. The summed E-state index contributed by atoms with van der Waals surface area (Å²) >= 11 is 2.09. The van der Waals surface area contributed by atoms with Crippen LogP contribution < -0.4 is 10.1 Å². The molecule has 1 saturated carbocycles. The Morgan fingerprint density at radius 3 is 2.75 bits per heavy atom. The van der Waals surface area contributed by atoms with Crippen LogP contribution in [0.4, 0.5) is 0 Å². The first kappa shape index (κ1) is 15.7. The minimum Gasteiger partial charge on any atom is -0.496 e. The molecular weight excluding hydrogens is 266 g/mol. The molecular formula is C17H27NOS. The van der Waals surface area contributed by atoms with E-state index in [0.29, 0.717) is 6.04 Å². The molecule has 1 fully saturated rings. The highest BCUT2D eigenvalue weighted by Crippen LogP contribution is 2.31. The second-order valence-electron chi connectivity index (χ2n) is 5.54. The monoisotopic (exact) mass is 293 g/mol. The summed E-state index contributed by atoms with van der Waals surface area (Å²) < 4.78 is 5.50. The lowest BCUT2D eigenvalue weighted by Gasteiger charge is -2.21. The lowest BCUT2D eigenvalue weighted by atomic mass is 10.1. The number of hydrogen-bond donors (Lipinski definition) is 1. The van der Waals surface area contributed by atoms with Crippen LogP contribution in [-0.4, -0.2) is 25.2 Å². The number of rotatable bonds is 8. The van der Waals surface area contributed by atoms with Crippen LogP contribution in [-0.2, 0) is 0 Å². The number of hydrogen-bond acceptors (Lipinski definition) is 3. The second kappa shape index (κ2) is 8.58. The summed E-state index contributed by atoms with van der Waals surface area (Å²) in [5.41, 5.74) is 1.29. The van der Waals surface area contributed by atoms with Gasteiger partial charge in [-0.2, -0.15) is 11.8 Å². The predicted molar refractivity (Wildman–Crippen MR) is 88.7 cm³/mol. The quantitative estimate of drug-likeness (QED) is 0.773. The SMILES string of the molecule is CCNC(CSCC1CCCC1)c1ccccc1OC. The first-order chi connectivity index (χ1) is 9.85. The van der Waals surface area contributed by atoms with Gasteiger partial charge in [0.2, 0.25) is 0 Å². The van der Waals surface area contributed by atoms with Crippen LogP contribution in [0.1, 0.15) is 44.2 Å². The zero-order chi connectivity index (χ0) is 14.2. The summed E-state index contributed by atoms with van der Waals surface area (Å²) in [5, 5.41) is 3.60. The Balaban J connectivity index is 1.91. The number of nitrogens with one attached hydrogen (secondary N) is 1. The van der Waals surface area contributed by atoms with E-state index in [1.165, 1.54) is 37.0 Å². The number of methoxy groups -OCH3 is 1. The van der Waals surface area contributed by atoms with Gasteiger partial charge < -0.3 is 10.1 Å². The molecule has 0 radical (unpaired) electrons. The molecule has 0 aliphatic heterocycles. The smallest absolute Gasteiger partial charge is 0.123 e. The zero-order valence-electron chi connectivity index (χ0n) is 12.7. The minimum absolute atomic E-state index is 0.391. The van der Waals surface area contributed by atoms with Crippen LogP contribution in [0.5, 0.6) is 5.75 Å². The van der Waals surface area contributed by atoms with Crippen LogP contribution in [0.25, 0.3) is 0 Å². The maximum Gasteiger partial charge on any atom is 0.123 e. The molecule has 1 aliphatic carbocycles. The van der Waals surface area contributed by atoms with Crippen molar-refractivity contribution in [1.82, 2.24) is 5.32 Å². The molecule has 1 unspecified atom stereocenters. The Bertz CT molecular complexity index is 390. The van der Waals surface area contributed by atoms with Crippen LogP contribution in [0.3, 0.4) is 0 Å². The highest BCUT2D eigenvalue weighted by Gasteiger charge is 2.18. The van der Waals surface area contributed by atoms with Crippen molar-refractivity contribution in [3.63, 3.8) is 0 Å². The largest absolute Gasteiger partial charge is 0.496 e. The number of thioether (sulfide) groups is 1. The molecule has 112 valence electrons. The van der Waals surface area contributed by atoms with Gasteiger partial charge in [-0.15, -0.1) is 0 Å². The Kier molecular flexibility index (Phi) is 6.74. The molecule has 0 spiro atoms. The Morgan fingerprint density at radius 2 is 2.05 bits per heavy atom. The Labute approximate surface area is 127 Å². The lowest BCUT2D eigenvalue weighted by molar-refractivity contribution is 0.403. The highest BCUT2D eigenvalue weighted by molar-refractivity contribution is 7.99. The molecule has 1 atom stereocenters. The average molecular weight is 293 g/mol. The zero-order valence-corrected chi connectivity index (χ0v) is 13.5. The third-order valence-corrected chi connectivity index (χ3v) is 5.35. The van der Waals surface area contributed by atoms with E-state index in [1.807, 2.05) is 6.07 Å². The fourth-order valence-corrected chi connectivity index (χ4v) is 4.32. The van der Waals surface area contributed by atoms with Gasteiger partial charge in [0.15, 0.2) is 0 Å². The Hall–Kier alpha value is -0.670. The normalized spacial score (nSPS) is 17.3. The van der Waals surface area contributed by atoms with E-state index >= 15 is 0 Å². The standard InChI is InChI=1S/C17H27NOS/c1-3-18-16(13-20-12-14-8-4-5-9-14)15-10-6-7-11-17(15)19-2/h6-7,10-11,14,16,18H,3-5,8-9,12-13H2,1-2H3. The summed E-state index contributed by atoms with van der Waals surface area (Å²) in [7, 11) is 1.76. The third kappa shape index (κ3) is 4.42. The molecule has 2 nitrogen and oxygen atoms in total. The van der Waals surface area contributed by atoms with Crippen molar-refractivity contribution in [3.8, 4) is 5.75 Å². The fourth-order valence-electron chi connectivity index (χ4n) is 2.99. The summed E-state index contributed by atoms with van der Waals surface area (Å²) in [6, 6.07) is 8.77. The van der Waals surface area contributed by atoms with Gasteiger partial charge in [0.25, 0.3) is 0 Å². The van der Waals surface area contributed by atoms with Gasteiger partial charge in [-0.05, 0) is 37.1 Å². The van der Waals surface area contributed by atoms with Crippen molar-refractivity contribution in [1.29, 1.82) is 0 Å². The fraction of sp³-hybridized carbons (Fsp3) is 0.647. The predicted octanol–water partition coefficient (Wildman–Crippen LogP) is 4.27. The van der Waals surface area contributed by atoms with Gasteiger partial charge in [0.05, 0.1) is 7.11 Å². The molecule has 0 heterocycles.